The van der Waals surface area contributed by atoms with Crippen LogP contribution < -0.4 is 5.32 Å². The Bertz CT molecular complexity index is 584. The summed E-state index contributed by atoms with van der Waals surface area (Å²) in [5, 5.41) is 3.41. The molecule has 4 nitrogen and oxygen atoms in total. The number of nitrogens with zero attached hydrogens (tertiary/aromatic N) is 1. The lowest BCUT2D eigenvalue weighted by Gasteiger charge is -2.45. The SMILES string of the molecule is CC(C)[C@@H](NC=O)C(=O)N1CCC(c2ccc(Cl)cc2)C(C)(C)C1. The van der Waals surface area contributed by atoms with Crippen molar-refractivity contribution in [2.24, 2.45) is 11.3 Å². The molecule has 5 heteroatoms. The summed E-state index contributed by atoms with van der Waals surface area (Å²) in [7, 11) is 0. The number of benzene rings is 1. The molecule has 1 aromatic rings. The van der Waals surface area contributed by atoms with Crippen LogP contribution in [0.2, 0.25) is 5.02 Å². The predicted octanol–water partition coefficient (Wildman–Crippen LogP) is 3.45. The third-order valence-electron chi connectivity index (χ3n) is 4.99. The van der Waals surface area contributed by atoms with E-state index in [1.165, 1.54) is 5.56 Å². The van der Waals surface area contributed by atoms with E-state index in [-0.39, 0.29) is 17.2 Å². The van der Waals surface area contributed by atoms with Crippen LogP contribution in [0.15, 0.2) is 24.3 Å². The van der Waals surface area contributed by atoms with Gasteiger partial charge in [0.2, 0.25) is 12.3 Å². The molecule has 1 fully saturated rings. The van der Waals surface area contributed by atoms with Gasteiger partial charge in [-0.15, -0.1) is 0 Å². The van der Waals surface area contributed by atoms with Crippen LogP contribution in [0.3, 0.4) is 0 Å². The highest BCUT2D eigenvalue weighted by molar-refractivity contribution is 6.30. The van der Waals surface area contributed by atoms with Gasteiger partial charge in [-0.05, 0) is 41.4 Å². The Morgan fingerprint density at radius 2 is 1.96 bits per heavy atom. The summed E-state index contributed by atoms with van der Waals surface area (Å²) in [6, 6.07) is 7.56. The largest absolute Gasteiger partial charge is 0.347 e. The maximum Gasteiger partial charge on any atom is 0.245 e. The Morgan fingerprint density at radius 3 is 2.46 bits per heavy atom. The minimum atomic E-state index is -0.453. The molecule has 0 aromatic heterocycles. The van der Waals surface area contributed by atoms with Crippen LogP contribution in [0, 0.1) is 11.3 Å². The van der Waals surface area contributed by atoms with Gasteiger partial charge in [0.25, 0.3) is 0 Å². The third-order valence-corrected chi connectivity index (χ3v) is 5.25. The van der Waals surface area contributed by atoms with Crippen LogP contribution in [0.4, 0.5) is 0 Å². The van der Waals surface area contributed by atoms with E-state index in [4.69, 9.17) is 11.6 Å². The van der Waals surface area contributed by atoms with Crippen molar-refractivity contribution in [3.8, 4) is 0 Å². The van der Waals surface area contributed by atoms with Crippen LogP contribution in [0.1, 0.15) is 45.6 Å². The third kappa shape index (κ3) is 4.10. The first-order valence-corrected chi connectivity index (χ1v) is 8.88. The molecule has 1 saturated heterocycles. The molecule has 2 amide bonds. The van der Waals surface area contributed by atoms with Crippen molar-refractivity contribution < 1.29 is 9.59 Å². The summed E-state index contributed by atoms with van der Waals surface area (Å²) in [5.41, 5.74) is 1.23. The second kappa shape index (κ2) is 7.56. The van der Waals surface area contributed by atoms with E-state index in [1.807, 2.05) is 30.9 Å². The molecule has 0 spiro atoms. The minimum absolute atomic E-state index is 0.0136. The summed E-state index contributed by atoms with van der Waals surface area (Å²) in [6.07, 6.45) is 1.53. The van der Waals surface area contributed by atoms with Crippen molar-refractivity contribution in [1.82, 2.24) is 10.2 Å². The molecule has 0 saturated carbocycles. The van der Waals surface area contributed by atoms with Crippen LogP contribution in [-0.4, -0.2) is 36.3 Å². The number of carbonyl (C=O) groups excluding carboxylic acids is 2. The highest BCUT2D eigenvalue weighted by Gasteiger charge is 2.40. The Kier molecular flexibility index (Phi) is 5.92. The van der Waals surface area contributed by atoms with Crippen molar-refractivity contribution in [2.45, 2.75) is 46.1 Å². The second-order valence-electron chi connectivity index (χ2n) is 7.65. The lowest BCUT2D eigenvalue weighted by molar-refractivity contribution is -0.139. The number of carbonyl (C=O) groups is 2. The number of rotatable bonds is 5. The standard InChI is InChI=1S/C19H27ClN2O2/c1-13(2)17(21-12-23)18(24)22-10-9-16(19(3,4)11-22)14-5-7-15(20)8-6-14/h5-8,12-13,16-17H,9-11H2,1-4H3,(H,21,23)/t16?,17-/m1/s1. The van der Waals surface area contributed by atoms with Gasteiger partial charge >= 0.3 is 0 Å². The Balaban J connectivity index is 2.13. The van der Waals surface area contributed by atoms with Gasteiger partial charge in [0.05, 0.1) is 0 Å². The number of piperidine rings is 1. The van der Waals surface area contributed by atoms with Gasteiger partial charge in [0.15, 0.2) is 0 Å². The van der Waals surface area contributed by atoms with Gasteiger partial charge in [-0.1, -0.05) is 51.4 Å². The smallest absolute Gasteiger partial charge is 0.245 e. The van der Waals surface area contributed by atoms with Gasteiger partial charge in [-0.3, -0.25) is 9.59 Å². The fourth-order valence-corrected chi connectivity index (χ4v) is 3.80. The normalized spacial score (nSPS) is 21.4. The molecule has 0 aliphatic carbocycles. The number of likely N-dealkylation sites (tertiary alicyclic amines) is 1. The molecule has 1 heterocycles. The van der Waals surface area contributed by atoms with Crippen molar-refractivity contribution in [3.63, 3.8) is 0 Å². The Morgan fingerprint density at radius 1 is 1.33 bits per heavy atom. The van der Waals surface area contributed by atoms with E-state index >= 15 is 0 Å². The van der Waals surface area contributed by atoms with E-state index in [0.717, 1.165) is 11.4 Å². The van der Waals surface area contributed by atoms with E-state index in [0.29, 0.717) is 25.4 Å². The molecule has 24 heavy (non-hydrogen) atoms. The highest BCUT2D eigenvalue weighted by Crippen LogP contribution is 2.42. The van der Waals surface area contributed by atoms with Crippen LogP contribution in [-0.2, 0) is 9.59 Å². The summed E-state index contributed by atoms with van der Waals surface area (Å²) in [4.78, 5) is 25.5. The average Bonchev–Trinajstić information content (AvgIpc) is 2.52. The van der Waals surface area contributed by atoms with Gasteiger partial charge in [0.1, 0.15) is 6.04 Å². The molecule has 0 radical (unpaired) electrons. The topological polar surface area (TPSA) is 49.4 Å². The second-order valence-corrected chi connectivity index (χ2v) is 8.08. The van der Waals surface area contributed by atoms with Crippen molar-refractivity contribution >= 4 is 23.9 Å². The Hall–Kier alpha value is -1.55. The van der Waals surface area contributed by atoms with E-state index < -0.39 is 6.04 Å². The zero-order valence-electron chi connectivity index (χ0n) is 14.9. The number of halogens is 1. The summed E-state index contributed by atoms with van der Waals surface area (Å²) in [6.45, 7) is 9.68. The van der Waals surface area contributed by atoms with Gasteiger partial charge in [0, 0.05) is 18.1 Å². The first kappa shape index (κ1) is 18.8. The maximum absolute atomic E-state index is 12.8. The highest BCUT2D eigenvalue weighted by atomic mass is 35.5. The molecular formula is C19H27ClN2O2. The predicted molar refractivity (Wildman–Crippen MR) is 97.0 cm³/mol. The summed E-state index contributed by atoms with van der Waals surface area (Å²) >= 11 is 5.99. The molecule has 2 rings (SSSR count). The Labute approximate surface area is 149 Å². The van der Waals surface area contributed by atoms with E-state index in [9.17, 15) is 9.59 Å². The van der Waals surface area contributed by atoms with E-state index in [1.54, 1.807) is 0 Å². The molecule has 1 N–H and O–H groups in total. The molecule has 1 aliphatic rings. The lowest BCUT2D eigenvalue weighted by atomic mass is 9.70. The van der Waals surface area contributed by atoms with Gasteiger partial charge in [-0.25, -0.2) is 0 Å². The molecule has 2 atom stereocenters. The minimum Gasteiger partial charge on any atom is -0.347 e. The number of amides is 2. The average molecular weight is 351 g/mol. The van der Waals surface area contributed by atoms with Crippen LogP contribution in [0.5, 0.6) is 0 Å². The quantitative estimate of drug-likeness (QED) is 0.827. The maximum atomic E-state index is 12.8. The van der Waals surface area contributed by atoms with Crippen molar-refractivity contribution in [3.05, 3.63) is 34.9 Å². The molecule has 1 aliphatic heterocycles. The molecular weight excluding hydrogens is 324 g/mol. The fraction of sp³-hybridized carbons (Fsp3) is 0.579. The first-order chi connectivity index (χ1) is 11.3. The van der Waals surface area contributed by atoms with Crippen LogP contribution in [0.25, 0.3) is 0 Å². The monoisotopic (exact) mass is 350 g/mol. The number of hydrogen-bond acceptors (Lipinski definition) is 2. The molecule has 0 bridgehead atoms. The van der Waals surface area contributed by atoms with E-state index in [2.05, 4.69) is 31.3 Å². The summed E-state index contributed by atoms with van der Waals surface area (Å²) in [5.74, 6) is 0.467. The zero-order chi connectivity index (χ0) is 17.9. The van der Waals surface area contributed by atoms with Crippen molar-refractivity contribution in [1.29, 1.82) is 0 Å². The number of nitrogens with one attached hydrogen (secondary N) is 1. The molecule has 1 unspecified atom stereocenters. The summed E-state index contributed by atoms with van der Waals surface area (Å²) < 4.78 is 0. The number of hydrogen-bond donors (Lipinski definition) is 1. The van der Waals surface area contributed by atoms with Crippen molar-refractivity contribution in [2.75, 3.05) is 13.1 Å². The van der Waals surface area contributed by atoms with Gasteiger partial charge < -0.3 is 10.2 Å². The van der Waals surface area contributed by atoms with Gasteiger partial charge in [-0.2, -0.15) is 0 Å². The zero-order valence-corrected chi connectivity index (χ0v) is 15.6. The first-order valence-electron chi connectivity index (χ1n) is 8.50. The van der Waals surface area contributed by atoms with Crippen LogP contribution >= 0.6 is 11.6 Å². The molecule has 1 aromatic carbocycles. The lowest BCUT2D eigenvalue weighted by Crippen LogP contribution is -2.54. The molecule has 132 valence electrons. The fourth-order valence-electron chi connectivity index (χ4n) is 3.68.